The maximum atomic E-state index is 11.9. The Morgan fingerprint density at radius 3 is 2.56 bits per heavy atom. The summed E-state index contributed by atoms with van der Waals surface area (Å²) in [7, 11) is 0. The molecule has 0 saturated heterocycles. The molecule has 0 unspecified atom stereocenters. The standard InChI is InChI=1S/C12H15F3N2O/c1-8(2)9-4-3-5-10(6-9)17-11(18)16-7-12(13,14)15/h3-6,8H,7H2,1-2H3,(H2,16,17,18). The van der Waals surface area contributed by atoms with Crippen LogP contribution < -0.4 is 10.6 Å². The van der Waals surface area contributed by atoms with Crippen LogP contribution in [-0.2, 0) is 0 Å². The number of nitrogens with one attached hydrogen (secondary N) is 2. The topological polar surface area (TPSA) is 41.1 Å². The summed E-state index contributed by atoms with van der Waals surface area (Å²) in [4.78, 5) is 11.2. The fourth-order valence-corrected chi connectivity index (χ4v) is 1.33. The number of carbonyl (C=O) groups is 1. The number of urea groups is 1. The minimum absolute atomic E-state index is 0.282. The highest BCUT2D eigenvalue weighted by Gasteiger charge is 2.27. The van der Waals surface area contributed by atoms with Gasteiger partial charge in [0.05, 0.1) is 0 Å². The van der Waals surface area contributed by atoms with Gasteiger partial charge in [0.15, 0.2) is 0 Å². The van der Waals surface area contributed by atoms with Gasteiger partial charge >= 0.3 is 12.2 Å². The third kappa shape index (κ3) is 5.07. The van der Waals surface area contributed by atoms with Crippen molar-refractivity contribution in [1.29, 1.82) is 0 Å². The first-order valence-electron chi connectivity index (χ1n) is 5.49. The summed E-state index contributed by atoms with van der Waals surface area (Å²) in [6.07, 6.45) is -4.41. The highest BCUT2D eigenvalue weighted by Crippen LogP contribution is 2.18. The fourth-order valence-electron chi connectivity index (χ4n) is 1.33. The maximum absolute atomic E-state index is 11.9. The summed E-state index contributed by atoms with van der Waals surface area (Å²) in [5, 5.41) is 4.10. The molecule has 1 aromatic rings. The van der Waals surface area contributed by atoms with Crippen LogP contribution in [0.1, 0.15) is 25.3 Å². The zero-order chi connectivity index (χ0) is 13.8. The number of alkyl halides is 3. The third-order valence-electron chi connectivity index (χ3n) is 2.26. The van der Waals surface area contributed by atoms with E-state index < -0.39 is 18.8 Å². The molecule has 2 N–H and O–H groups in total. The second-order valence-electron chi connectivity index (χ2n) is 4.20. The average Bonchev–Trinajstić information content (AvgIpc) is 2.26. The quantitative estimate of drug-likeness (QED) is 0.858. The van der Waals surface area contributed by atoms with Crippen molar-refractivity contribution < 1.29 is 18.0 Å². The second kappa shape index (κ2) is 5.75. The lowest BCUT2D eigenvalue weighted by Crippen LogP contribution is -2.36. The average molecular weight is 260 g/mol. The smallest absolute Gasteiger partial charge is 0.329 e. The van der Waals surface area contributed by atoms with Crippen molar-refractivity contribution in [1.82, 2.24) is 5.32 Å². The Labute approximate surface area is 103 Å². The Kier molecular flexibility index (Phi) is 4.58. The first kappa shape index (κ1) is 14.3. The first-order valence-corrected chi connectivity index (χ1v) is 5.49. The second-order valence-corrected chi connectivity index (χ2v) is 4.20. The van der Waals surface area contributed by atoms with Gasteiger partial charge in [0, 0.05) is 5.69 Å². The number of rotatable bonds is 3. The Morgan fingerprint density at radius 1 is 1.33 bits per heavy atom. The number of benzene rings is 1. The van der Waals surface area contributed by atoms with Gasteiger partial charge in [-0.2, -0.15) is 13.2 Å². The number of carbonyl (C=O) groups excluding carboxylic acids is 1. The number of amides is 2. The van der Waals surface area contributed by atoms with E-state index in [9.17, 15) is 18.0 Å². The molecular weight excluding hydrogens is 245 g/mol. The van der Waals surface area contributed by atoms with E-state index in [0.29, 0.717) is 5.69 Å². The Morgan fingerprint density at radius 2 is 2.00 bits per heavy atom. The molecule has 0 aliphatic heterocycles. The van der Waals surface area contributed by atoms with Crippen LogP contribution in [0.2, 0.25) is 0 Å². The van der Waals surface area contributed by atoms with Gasteiger partial charge in [-0.3, -0.25) is 0 Å². The summed E-state index contributed by atoms with van der Waals surface area (Å²) in [5.74, 6) is 0.282. The molecule has 0 spiro atoms. The van der Waals surface area contributed by atoms with E-state index in [4.69, 9.17) is 0 Å². The SMILES string of the molecule is CC(C)c1cccc(NC(=O)NCC(F)(F)F)c1. The molecule has 18 heavy (non-hydrogen) atoms. The summed E-state index contributed by atoms with van der Waals surface area (Å²) < 4.78 is 35.6. The lowest BCUT2D eigenvalue weighted by Gasteiger charge is -2.11. The predicted molar refractivity (Wildman–Crippen MR) is 63.6 cm³/mol. The fraction of sp³-hybridized carbons (Fsp3) is 0.417. The third-order valence-corrected chi connectivity index (χ3v) is 2.26. The van der Waals surface area contributed by atoms with E-state index in [1.165, 1.54) is 0 Å². The van der Waals surface area contributed by atoms with Crippen LogP contribution in [0.5, 0.6) is 0 Å². The molecule has 0 atom stereocenters. The van der Waals surface area contributed by atoms with E-state index in [2.05, 4.69) is 5.32 Å². The van der Waals surface area contributed by atoms with Gasteiger partial charge < -0.3 is 10.6 Å². The Hall–Kier alpha value is -1.72. The van der Waals surface area contributed by atoms with Crippen LogP contribution in [0.15, 0.2) is 24.3 Å². The molecule has 0 aliphatic rings. The lowest BCUT2D eigenvalue weighted by atomic mass is 10.0. The summed E-state index contributed by atoms with van der Waals surface area (Å²) in [6.45, 7) is 2.63. The minimum atomic E-state index is -4.41. The van der Waals surface area contributed by atoms with Gasteiger partial charge in [-0.25, -0.2) is 4.79 Å². The number of anilines is 1. The van der Waals surface area contributed by atoms with E-state index >= 15 is 0 Å². The molecule has 1 rings (SSSR count). The van der Waals surface area contributed by atoms with E-state index in [1.807, 2.05) is 19.9 Å². The van der Waals surface area contributed by atoms with Crippen LogP contribution in [0.25, 0.3) is 0 Å². The summed E-state index contributed by atoms with van der Waals surface area (Å²) in [5.41, 5.74) is 1.48. The number of halogens is 3. The van der Waals surface area contributed by atoms with Gasteiger partial charge in [0.1, 0.15) is 6.54 Å². The lowest BCUT2D eigenvalue weighted by molar-refractivity contribution is -0.122. The predicted octanol–water partition coefficient (Wildman–Crippen LogP) is 3.49. The van der Waals surface area contributed by atoms with Gasteiger partial charge in [-0.05, 0) is 23.6 Å². The molecule has 0 aromatic heterocycles. The number of hydrogen-bond acceptors (Lipinski definition) is 1. The van der Waals surface area contributed by atoms with Crippen molar-refractivity contribution in [3.05, 3.63) is 29.8 Å². The molecule has 0 heterocycles. The number of hydrogen-bond donors (Lipinski definition) is 2. The van der Waals surface area contributed by atoms with E-state index in [0.717, 1.165) is 5.56 Å². The molecular formula is C12H15F3N2O. The van der Waals surface area contributed by atoms with Crippen molar-refractivity contribution in [3.8, 4) is 0 Å². The molecule has 0 saturated carbocycles. The maximum Gasteiger partial charge on any atom is 0.405 e. The molecule has 100 valence electrons. The largest absolute Gasteiger partial charge is 0.405 e. The van der Waals surface area contributed by atoms with Gasteiger partial charge in [0.25, 0.3) is 0 Å². The van der Waals surface area contributed by atoms with Gasteiger partial charge in [-0.15, -0.1) is 0 Å². The Bertz CT molecular complexity index is 416. The van der Waals surface area contributed by atoms with Crippen LogP contribution in [0.3, 0.4) is 0 Å². The van der Waals surface area contributed by atoms with Crippen LogP contribution in [-0.4, -0.2) is 18.8 Å². The van der Waals surface area contributed by atoms with Crippen molar-refractivity contribution in [2.45, 2.75) is 25.9 Å². The van der Waals surface area contributed by atoms with Crippen molar-refractivity contribution >= 4 is 11.7 Å². The molecule has 0 aliphatic carbocycles. The zero-order valence-electron chi connectivity index (χ0n) is 10.1. The molecule has 0 radical (unpaired) electrons. The highest BCUT2D eigenvalue weighted by molar-refractivity contribution is 5.89. The minimum Gasteiger partial charge on any atom is -0.329 e. The van der Waals surface area contributed by atoms with Gasteiger partial charge in [-0.1, -0.05) is 26.0 Å². The molecule has 2 amide bonds. The molecule has 0 bridgehead atoms. The molecule has 1 aromatic carbocycles. The normalized spacial score (nSPS) is 11.4. The first-order chi connectivity index (χ1) is 8.28. The zero-order valence-corrected chi connectivity index (χ0v) is 10.1. The van der Waals surface area contributed by atoms with Crippen molar-refractivity contribution in [3.63, 3.8) is 0 Å². The highest BCUT2D eigenvalue weighted by atomic mass is 19.4. The monoisotopic (exact) mass is 260 g/mol. The van der Waals surface area contributed by atoms with E-state index in [1.54, 1.807) is 23.5 Å². The van der Waals surface area contributed by atoms with Crippen LogP contribution in [0.4, 0.5) is 23.7 Å². The molecule has 3 nitrogen and oxygen atoms in total. The Balaban J connectivity index is 2.57. The van der Waals surface area contributed by atoms with Crippen molar-refractivity contribution in [2.24, 2.45) is 0 Å². The summed E-state index contributed by atoms with van der Waals surface area (Å²) in [6, 6.07) is 6.13. The van der Waals surface area contributed by atoms with Gasteiger partial charge in [0.2, 0.25) is 0 Å². The molecule has 0 fully saturated rings. The van der Waals surface area contributed by atoms with Crippen LogP contribution >= 0.6 is 0 Å². The van der Waals surface area contributed by atoms with Crippen molar-refractivity contribution in [2.75, 3.05) is 11.9 Å². The van der Waals surface area contributed by atoms with E-state index in [-0.39, 0.29) is 5.92 Å². The molecule has 6 heteroatoms. The summed E-state index contributed by atoms with van der Waals surface area (Å²) >= 11 is 0. The van der Waals surface area contributed by atoms with Crippen LogP contribution in [0, 0.1) is 0 Å².